The Kier molecular flexibility index (Phi) is 6.21. The van der Waals surface area contributed by atoms with E-state index < -0.39 is 5.54 Å². The van der Waals surface area contributed by atoms with Gasteiger partial charge in [-0.15, -0.1) is 0 Å². The molecule has 1 atom stereocenters. The molecule has 118 valence electrons. The van der Waals surface area contributed by atoms with Crippen LogP contribution in [0.5, 0.6) is 5.75 Å². The molecule has 0 heterocycles. The van der Waals surface area contributed by atoms with Crippen molar-refractivity contribution in [2.45, 2.75) is 46.6 Å². The van der Waals surface area contributed by atoms with Crippen LogP contribution in [0.25, 0.3) is 0 Å². The topological polar surface area (TPSA) is 47.6 Å². The fourth-order valence-electron chi connectivity index (χ4n) is 2.39. The van der Waals surface area contributed by atoms with Gasteiger partial charge >= 0.3 is 5.97 Å². The SMILES string of the molecule is CCNC(C)(CCOc1cc(C)cc(C)c1C)C(=O)OC. The summed E-state index contributed by atoms with van der Waals surface area (Å²) in [7, 11) is 1.41. The first-order chi connectivity index (χ1) is 9.84. The van der Waals surface area contributed by atoms with Crippen molar-refractivity contribution >= 4 is 5.97 Å². The minimum Gasteiger partial charge on any atom is -0.493 e. The number of benzene rings is 1. The van der Waals surface area contributed by atoms with Gasteiger partial charge in [0.15, 0.2) is 0 Å². The number of carbonyl (C=O) groups excluding carboxylic acids is 1. The number of ether oxygens (including phenoxy) is 2. The molecule has 1 aromatic rings. The Balaban J connectivity index is 2.73. The minimum absolute atomic E-state index is 0.259. The zero-order chi connectivity index (χ0) is 16.0. The van der Waals surface area contributed by atoms with Crippen molar-refractivity contribution in [1.29, 1.82) is 0 Å². The lowest BCUT2D eigenvalue weighted by atomic mass is 9.98. The van der Waals surface area contributed by atoms with Crippen LogP contribution in [-0.2, 0) is 9.53 Å². The molecule has 0 aliphatic carbocycles. The Morgan fingerprint density at radius 2 is 1.95 bits per heavy atom. The molecule has 1 aromatic carbocycles. The van der Waals surface area contributed by atoms with Gasteiger partial charge < -0.3 is 14.8 Å². The van der Waals surface area contributed by atoms with Gasteiger partial charge in [-0.3, -0.25) is 4.79 Å². The van der Waals surface area contributed by atoms with Gasteiger partial charge in [0.2, 0.25) is 0 Å². The molecule has 0 aliphatic heterocycles. The van der Waals surface area contributed by atoms with Crippen molar-refractivity contribution in [3.05, 3.63) is 28.8 Å². The summed E-state index contributed by atoms with van der Waals surface area (Å²) in [4.78, 5) is 11.9. The monoisotopic (exact) mass is 293 g/mol. The van der Waals surface area contributed by atoms with E-state index in [2.05, 4.69) is 25.2 Å². The first-order valence-corrected chi connectivity index (χ1v) is 7.38. The van der Waals surface area contributed by atoms with Crippen molar-refractivity contribution < 1.29 is 14.3 Å². The van der Waals surface area contributed by atoms with Gasteiger partial charge in [0.1, 0.15) is 11.3 Å². The molecular weight excluding hydrogens is 266 g/mol. The molecule has 0 amide bonds. The number of rotatable bonds is 7. The number of likely N-dealkylation sites (N-methyl/N-ethyl adjacent to an activating group) is 1. The summed E-state index contributed by atoms with van der Waals surface area (Å²) in [5, 5.41) is 3.18. The Bertz CT molecular complexity index is 499. The Labute approximate surface area is 127 Å². The van der Waals surface area contributed by atoms with Gasteiger partial charge in [0, 0.05) is 6.42 Å². The third-order valence-electron chi connectivity index (χ3n) is 3.83. The van der Waals surface area contributed by atoms with E-state index in [1.807, 2.05) is 26.8 Å². The largest absolute Gasteiger partial charge is 0.493 e. The van der Waals surface area contributed by atoms with Crippen LogP contribution >= 0.6 is 0 Å². The maximum Gasteiger partial charge on any atom is 0.325 e. The fraction of sp³-hybridized carbons (Fsp3) is 0.588. The molecule has 0 radical (unpaired) electrons. The van der Waals surface area contributed by atoms with E-state index in [0.717, 1.165) is 11.3 Å². The molecule has 21 heavy (non-hydrogen) atoms. The molecule has 0 spiro atoms. The predicted octanol–water partition coefficient (Wildman–Crippen LogP) is 2.92. The molecule has 0 fully saturated rings. The molecule has 1 rings (SSSR count). The highest BCUT2D eigenvalue weighted by molar-refractivity contribution is 5.80. The highest BCUT2D eigenvalue weighted by atomic mass is 16.5. The average Bonchev–Trinajstić information content (AvgIpc) is 2.43. The second-order valence-electron chi connectivity index (χ2n) is 5.66. The van der Waals surface area contributed by atoms with E-state index in [0.29, 0.717) is 19.6 Å². The van der Waals surface area contributed by atoms with Crippen molar-refractivity contribution in [3.8, 4) is 5.75 Å². The summed E-state index contributed by atoms with van der Waals surface area (Å²) in [6.07, 6.45) is 0.555. The van der Waals surface area contributed by atoms with Crippen LogP contribution in [0.4, 0.5) is 0 Å². The van der Waals surface area contributed by atoms with Gasteiger partial charge in [0.05, 0.1) is 13.7 Å². The lowest BCUT2D eigenvalue weighted by Gasteiger charge is -2.27. The number of methoxy groups -OCH3 is 1. The summed E-state index contributed by atoms with van der Waals surface area (Å²) < 4.78 is 10.8. The standard InChI is InChI=1S/C17H27NO3/c1-7-18-17(5,16(19)20-6)8-9-21-15-11-12(2)10-13(3)14(15)4/h10-11,18H,7-9H2,1-6H3. The summed E-state index contributed by atoms with van der Waals surface area (Å²) in [5.41, 5.74) is 2.82. The van der Waals surface area contributed by atoms with Crippen LogP contribution in [-0.4, -0.2) is 31.8 Å². The van der Waals surface area contributed by atoms with Crippen molar-refractivity contribution in [3.63, 3.8) is 0 Å². The molecular formula is C17H27NO3. The van der Waals surface area contributed by atoms with E-state index in [9.17, 15) is 4.79 Å². The lowest BCUT2D eigenvalue weighted by Crippen LogP contribution is -2.51. The van der Waals surface area contributed by atoms with Gasteiger partial charge in [0.25, 0.3) is 0 Å². The van der Waals surface area contributed by atoms with Crippen molar-refractivity contribution in [2.75, 3.05) is 20.3 Å². The number of carbonyl (C=O) groups is 1. The molecule has 1 N–H and O–H groups in total. The lowest BCUT2D eigenvalue weighted by molar-refractivity contribution is -0.148. The molecule has 4 heteroatoms. The maximum atomic E-state index is 11.9. The Hall–Kier alpha value is -1.55. The van der Waals surface area contributed by atoms with E-state index in [4.69, 9.17) is 9.47 Å². The highest BCUT2D eigenvalue weighted by Crippen LogP contribution is 2.24. The van der Waals surface area contributed by atoms with E-state index in [-0.39, 0.29) is 5.97 Å². The van der Waals surface area contributed by atoms with Gasteiger partial charge in [-0.2, -0.15) is 0 Å². The second-order valence-corrected chi connectivity index (χ2v) is 5.66. The Morgan fingerprint density at radius 1 is 1.29 bits per heavy atom. The smallest absolute Gasteiger partial charge is 0.325 e. The summed E-state index contributed by atoms with van der Waals surface area (Å²) in [6, 6.07) is 4.17. The quantitative estimate of drug-likeness (QED) is 0.785. The number of aryl methyl sites for hydroxylation is 2. The Morgan fingerprint density at radius 3 is 2.52 bits per heavy atom. The van der Waals surface area contributed by atoms with Gasteiger partial charge in [-0.1, -0.05) is 13.0 Å². The summed E-state index contributed by atoms with van der Waals surface area (Å²) >= 11 is 0. The molecule has 0 saturated carbocycles. The van der Waals surface area contributed by atoms with Crippen LogP contribution in [0.15, 0.2) is 12.1 Å². The molecule has 0 aliphatic rings. The second kappa shape index (κ2) is 7.46. The van der Waals surface area contributed by atoms with Gasteiger partial charge in [-0.05, 0) is 57.0 Å². The molecule has 4 nitrogen and oxygen atoms in total. The molecule has 0 saturated heterocycles. The average molecular weight is 293 g/mol. The van der Waals surface area contributed by atoms with E-state index >= 15 is 0 Å². The minimum atomic E-state index is -0.712. The van der Waals surface area contributed by atoms with Crippen LogP contribution in [0, 0.1) is 20.8 Å². The molecule has 1 unspecified atom stereocenters. The normalized spacial score (nSPS) is 13.6. The number of hydrogen-bond donors (Lipinski definition) is 1. The summed E-state index contributed by atoms with van der Waals surface area (Å²) in [5.74, 6) is 0.626. The van der Waals surface area contributed by atoms with Crippen LogP contribution in [0.1, 0.15) is 37.0 Å². The van der Waals surface area contributed by atoms with E-state index in [1.54, 1.807) is 0 Å². The first-order valence-electron chi connectivity index (χ1n) is 7.38. The van der Waals surface area contributed by atoms with Crippen LogP contribution < -0.4 is 10.1 Å². The van der Waals surface area contributed by atoms with E-state index in [1.165, 1.54) is 18.2 Å². The van der Waals surface area contributed by atoms with Crippen LogP contribution in [0.2, 0.25) is 0 Å². The van der Waals surface area contributed by atoms with Crippen molar-refractivity contribution in [2.24, 2.45) is 0 Å². The zero-order valence-corrected chi connectivity index (χ0v) is 14.0. The number of esters is 1. The van der Waals surface area contributed by atoms with Crippen LogP contribution in [0.3, 0.4) is 0 Å². The predicted molar refractivity (Wildman–Crippen MR) is 84.9 cm³/mol. The highest BCUT2D eigenvalue weighted by Gasteiger charge is 2.33. The third kappa shape index (κ3) is 4.46. The molecule has 0 aromatic heterocycles. The third-order valence-corrected chi connectivity index (χ3v) is 3.83. The maximum absolute atomic E-state index is 11.9. The number of hydrogen-bond acceptors (Lipinski definition) is 4. The summed E-state index contributed by atoms with van der Waals surface area (Å²) in [6.45, 7) is 11.2. The first kappa shape index (κ1) is 17.5. The van der Waals surface area contributed by atoms with Crippen molar-refractivity contribution in [1.82, 2.24) is 5.32 Å². The number of nitrogens with one attached hydrogen (secondary N) is 1. The van der Waals surface area contributed by atoms with Gasteiger partial charge in [-0.25, -0.2) is 0 Å². The fourth-order valence-corrected chi connectivity index (χ4v) is 2.39. The molecule has 0 bridgehead atoms. The zero-order valence-electron chi connectivity index (χ0n) is 14.0.